The lowest BCUT2D eigenvalue weighted by Crippen LogP contribution is -2.38. The van der Waals surface area contributed by atoms with Crippen molar-refractivity contribution in [1.29, 1.82) is 0 Å². The summed E-state index contributed by atoms with van der Waals surface area (Å²) >= 11 is 0. The lowest BCUT2D eigenvalue weighted by atomic mass is 10.1. The average Bonchev–Trinajstić information content (AvgIpc) is 2.41. The Morgan fingerprint density at radius 1 is 1.24 bits per heavy atom. The maximum absolute atomic E-state index is 11.2. The van der Waals surface area contributed by atoms with Gasteiger partial charge in [0, 0.05) is 19.6 Å². The summed E-state index contributed by atoms with van der Waals surface area (Å²) in [6.07, 6.45) is 5.48. The van der Waals surface area contributed by atoms with Gasteiger partial charge < -0.3 is 18.9 Å². The fourth-order valence-corrected chi connectivity index (χ4v) is 1.86. The summed E-state index contributed by atoms with van der Waals surface area (Å²) < 4.78 is 21.0. The van der Waals surface area contributed by atoms with E-state index in [0.29, 0.717) is 19.6 Å². The molecule has 1 aliphatic heterocycles. The van der Waals surface area contributed by atoms with Crippen molar-refractivity contribution in [3.63, 3.8) is 0 Å². The third kappa shape index (κ3) is 6.55. The smallest absolute Gasteiger partial charge is 0.330 e. The summed E-state index contributed by atoms with van der Waals surface area (Å²) in [6, 6.07) is 0. The molecule has 6 heteroatoms. The van der Waals surface area contributed by atoms with E-state index in [4.69, 9.17) is 18.9 Å². The van der Waals surface area contributed by atoms with Gasteiger partial charge >= 0.3 is 11.9 Å². The fourth-order valence-electron chi connectivity index (χ4n) is 1.86. The molecule has 0 aromatic carbocycles. The zero-order chi connectivity index (χ0) is 15.7. The van der Waals surface area contributed by atoms with Crippen molar-refractivity contribution in [2.75, 3.05) is 13.2 Å². The third-order valence-corrected chi connectivity index (χ3v) is 2.68. The predicted octanol–water partition coefficient (Wildman–Crippen LogP) is 1.75. The van der Waals surface area contributed by atoms with Crippen LogP contribution in [0.25, 0.3) is 0 Å². The van der Waals surface area contributed by atoms with E-state index in [1.165, 1.54) is 13.0 Å². The molecule has 3 atom stereocenters. The number of hydrogen-bond acceptors (Lipinski definition) is 6. The van der Waals surface area contributed by atoms with Crippen molar-refractivity contribution in [3.05, 3.63) is 24.3 Å². The van der Waals surface area contributed by atoms with Crippen LogP contribution in [0, 0.1) is 0 Å². The van der Waals surface area contributed by atoms with E-state index in [1.807, 2.05) is 6.92 Å². The molecule has 0 saturated carbocycles. The first-order valence-electron chi connectivity index (χ1n) is 7.02. The van der Waals surface area contributed by atoms with Crippen molar-refractivity contribution < 1.29 is 28.5 Å². The molecule has 0 radical (unpaired) electrons. The summed E-state index contributed by atoms with van der Waals surface area (Å²) in [4.78, 5) is 22.3. The fraction of sp³-hybridized carbons (Fsp3) is 0.600. The molecule has 1 rings (SSSR count). The van der Waals surface area contributed by atoms with Gasteiger partial charge in [-0.15, -0.1) is 0 Å². The minimum Gasteiger partial charge on any atom is -0.463 e. The van der Waals surface area contributed by atoms with Gasteiger partial charge in [-0.1, -0.05) is 6.08 Å². The largest absolute Gasteiger partial charge is 0.463 e. The molecule has 1 aliphatic rings. The number of carbonyl (C=O) groups excluding carboxylic acids is 2. The standard InChI is InChI=1S/C15H22O6/c1-4-18-14(17)8-6-7-12-13(20-11(3)16)9-10-15(21-12)19-5-2/h6,8-10,12-13,15H,4-5,7H2,1-3H3/b8-6+/t12-,13+,15+/m1/s1. The Bertz CT molecular complexity index is 401. The first kappa shape index (κ1) is 17.4. The number of carbonyl (C=O) groups is 2. The van der Waals surface area contributed by atoms with Crippen LogP contribution >= 0.6 is 0 Å². The highest BCUT2D eigenvalue weighted by Gasteiger charge is 2.28. The molecule has 0 N–H and O–H groups in total. The number of hydrogen-bond donors (Lipinski definition) is 0. The molecule has 0 unspecified atom stereocenters. The van der Waals surface area contributed by atoms with Gasteiger partial charge in [0.15, 0.2) is 6.29 Å². The number of esters is 2. The molecule has 0 aromatic rings. The van der Waals surface area contributed by atoms with E-state index >= 15 is 0 Å². The van der Waals surface area contributed by atoms with Gasteiger partial charge in [0.1, 0.15) is 12.2 Å². The molecule has 21 heavy (non-hydrogen) atoms. The maximum Gasteiger partial charge on any atom is 0.330 e. The molecule has 0 saturated heterocycles. The average molecular weight is 298 g/mol. The van der Waals surface area contributed by atoms with Gasteiger partial charge in [-0.2, -0.15) is 0 Å². The summed E-state index contributed by atoms with van der Waals surface area (Å²) in [5, 5.41) is 0. The topological polar surface area (TPSA) is 71.1 Å². The Morgan fingerprint density at radius 2 is 2.00 bits per heavy atom. The van der Waals surface area contributed by atoms with Crippen LogP contribution in [0.15, 0.2) is 24.3 Å². The second kappa shape index (κ2) is 9.31. The van der Waals surface area contributed by atoms with Crippen molar-refractivity contribution in [2.24, 2.45) is 0 Å². The van der Waals surface area contributed by atoms with Crippen molar-refractivity contribution >= 4 is 11.9 Å². The van der Waals surface area contributed by atoms with E-state index in [9.17, 15) is 9.59 Å². The van der Waals surface area contributed by atoms with Gasteiger partial charge in [-0.3, -0.25) is 4.79 Å². The van der Waals surface area contributed by atoms with Gasteiger partial charge in [0.05, 0.1) is 6.61 Å². The highest BCUT2D eigenvalue weighted by Crippen LogP contribution is 2.20. The summed E-state index contributed by atoms with van der Waals surface area (Å²) in [7, 11) is 0. The minimum absolute atomic E-state index is 0.328. The zero-order valence-electron chi connectivity index (χ0n) is 12.6. The Morgan fingerprint density at radius 3 is 2.62 bits per heavy atom. The number of ether oxygens (including phenoxy) is 4. The van der Waals surface area contributed by atoms with Crippen LogP contribution in [0.1, 0.15) is 27.2 Å². The summed E-state index contributed by atoms with van der Waals surface area (Å²) in [5.41, 5.74) is 0. The molecule has 0 bridgehead atoms. The van der Waals surface area contributed by atoms with Crippen LogP contribution in [0.5, 0.6) is 0 Å². The molecular formula is C15H22O6. The Hall–Kier alpha value is -1.66. The zero-order valence-corrected chi connectivity index (χ0v) is 12.6. The number of rotatable bonds is 7. The molecule has 0 spiro atoms. The van der Waals surface area contributed by atoms with Crippen molar-refractivity contribution in [3.8, 4) is 0 Å². The van der Waals surface area contributed by atoms with Gasteiger partial charge in [-0.25, -0.2) is 4.79 Å². The third-order valence-electron chi connectivity index (χ3n) is 2.68. The van der Waals surface area contributed by atoms with E-state index in [2.05, 4.69) is 0 Å². The molecule has 1 heterocycles. The van der Waals surface area contributed by atoms with E-state index in [-0.39, 0.29) is 5.97 Å². The minimum atomic E-state index is -0.494. The van der Waals surface area contributed by atoms with Crippen molar-refractivity contribution in [2.45, 2.75) is 45.7 Å². The summed E-state index contributed by atoms with van der Waals surface area (Å²) in [5.74, 6) is -0.795. The molecule has 0 aromatic heterocycles. The normalized spacial score (nSPS) is 25.0. The van der Waals surface area contributed by atoms with Crippen LogP contribution in [0.4, 0.5) is 0 Å². The Labute approximate surface area is 124 Å². The molecule has 0 amide bonds. The second-order valence-electron chi connectivity index (χ2n) is 4.35. The Kier molecular flexibility index (Phi) is 7.71. The SMILES string of the molecule is CCOC(=O)/C=C/C[C@H]1O[C@H](OCC)C=C[C@@H]1OC(C)=O. The molecule has 118 valence electrons. The predicted molar refractivity (Wildman–Crippen MR) is 75.4 cm³/mol. The first-order valence-corrected chi connectivity index (χ1v) is 7.02. The molecule has 6 nitrogen and oxygen atoms in total. The summed E-state index contributed by atoms with van der Waals surface area (Å²) in [6.45, 7) is 5.79. The van der Waals surface area contributed by atoms with Gasteiger partial charge in [0.25, 0.3) is 0 Å². The van der Waals surface area contributed by atoms with E-state index < -0.39 is 24.5 Å². The molecular weight excluding hydrogens is 276 g/mol. The quantitative estimate of drug-likeness (QED) is 0.405. The highest BCUT2D eigenvalue weighted by atomic mass is 16.7. The lowest BCUT2D eigenvalue weighted by Gasteiger charge is -2.31. The van der Waals surface area contributed by atoms with Gasteiger partial charge in [-0.05, 0) is 32.4 Å². The van der Waals surface area contributed by atoms with E-state index in [0.717, 1.165) is 0 Å². The molecule has 0 aliphatic carbocycles. The van der Waals surface area contributed by atoms with Crippen LogP contribution in [-0.4, -0.2) is 43.7 Å². The highest BCUT2D eigenvalue weighted by molar-refractivity contribution is 5.81. The van der Waals surface area contributed by atoms with Crippen LogP contribution in [0.2, 0.25) is 0 Å². The van der Waals surface area contributed by atoms with E-state index in [1.54, 1.807) is 25.2 Å². The molecule has 0 fully saturated rings. The second-order valence-corrected chi connectivity index (χ2v) is 4.35. The lowest BCUT2D eigenvalue weighted by molar-refractivity contribution is -0.182. The van der Waals surface area contributed by atoms with Gasteiger partial charge in [0.2, 0.25) is 0 Å². The van der Waals surface area contributed by atoms with Crippen LogP contribution < -0.4 is 0 Å². The van der Waals surface area contributed by atoms with Crippen molar-refractivity contribution in [1.82, 2.24) is 0 Å². The van der Waals surface area contributed by atoms with Crippen LogP contribution in [0.3, 0.4) is 0 Å². The monoisotopic (exact) mass is 298 g/mol. The van der Waals surface area contributed by atoms with Crippen LogP contribution in [-0.2, 0) is 28.5 Å². The maximum atomic E-state index is 11.2. The first-order chi connectivity index (χ1) is 10.1. The Balaban J connectivity index is 2.62.